The second kappa shape index (κ2) is 6.59. The van der Waals surface area contributed by atoms with Gasteiger partial charge in [-0.2, -0.15) is 0 Å². The van der Waals surface area contributed by atoms with Crippen LogP contribution in [0.2, 0.25) is 18.1 Å². The van der Waals surface area contributed by atoms with Crippen LogP contribution in [0.15, 0.2) is 23.3 Å². The Balaban J connectivity index is 5.19. The molecule has 0 aromatic heterocycles. The van der Waals surface area contributed by atoms with Crippen LogP contribution in [0.3, 0.4) is 0 Å². The lowest BCUT2D eigenvalue weighted by Crippen LogP contribution is -2.43. The fraction of sp³-hybridized carbons (Fsp3) is 0.765. The quantitative estimate of drug-likeness (QED) is 0.568. The van der Waals surface area contributed by atoms with Gasteiger partial charge >= 0.3 is 0 Å². The molecule has 3 heteroatoms. The fourth-order valence-electron chi connectivity index (χ4n) is 1.68. The van der Waals surface area contributed by atoms with Gasteiger partial charge in [-0.25, -0.2) is 0 Å². The predicted molar refractivity (Wildman–Crippen MR) is 91.6 cm³/mol. The molecule has 0 heterocycles. The van der Waals surface area contributed by atoms with Gasteiger partial charge in [0.25, 0.3) is 0 Å². The highest BCUT2D eigenvalue weighted by Gasteiger charge is 2.38. The van der Waals surface area contributed by atoms with Crippen molar-refractivity contribution in [3.8, 4) is 0 Å². The van der Waals surface area contributed by atoms with Crippen molar-refractivity contribution in [1.82, 2.24) is 0 Å². The summed E-state index contributed by atoms with van der Waals surface area (Å²) in [5, 5.41) is 10.1. The summed E-state index contributed by atoms with van der Waals surface area (Å²) < 4.78 is 6.44. The van der Waals surface area contributed by atoms with E-state index < -0.39 is 13.9 Å². The topological polar surface area (TPSA) is 29.5 Å². The smallest absolute Gasteiger partial charge is 0.192 e. The molecular formula is C17H34O2Si. The first-order chi connectivity index (χ1) is 8.67. The first-order valence-electron chi connectivity index (χ1n) is 7.44. The van der Waals surface area contributed by atoms with E-state index in [0.29, 0.717) is 0 Å². The van der Waals surface area contributed by atoms with Gasteiger partial charge in [-0.1, -0.05) is 38.5 Å². The van der Waals surface area contributed by atoms with Crippen LogP contribution in [0.1, 0.15) is 55.4 Å². The average Bonchev–Trinajstić information content (AvgIpc) is 2.11. The maximum Gasteiger partial charge on any atom is 0.192 e. The lowest BCUT2D eigenvalue weighted by atomic mass is 10.0. The standard InChI is InChI=1S/C17H34O2Si/c1-13(2)15(11-12-17(7,8)18)14(3)19-20(9,10)16(4,5)6/h11-12,14,18H,1-10H3/b12-11-. The number of aliphatic hydroxyl groups is 1. The van der Waals surface area contributed by atoms with Crippen molar-refractivity contribution >= 4 is 8.32 Å². The molecule has 1 unspecified atom stereocenters. The Labute approximate surface area is 127 Å². The SMILES string of the molecule is CC(C)=C(/C=C\C(C)(C)O)C(C)O[Si](C)(C)C(C)(C)C. The first kappa shape index (κ1) is 19.6. The molecule has 0 radical (unpaired) electrons. The van der Waals surface area contributed by atoms with Gasteiger partial charge in [-0.05, 0) is 58.3 Å². The summed E-state index contributed by atoms with van der Waals surface area (Å²) in [5.41, 5.74) is 1.60. The lowest BCUT2D eigenvalue weighted by Gasteiger charge is -2.39. The van der Waals surface area contributed by atoms with E-state index in [0.717, 1.165) is 5.57 Å². The summed E-state index contributed by atoms with van der Waals surface area (Å²) in [5.74, 6) is 0. The van der Waals surface area contributed by atoms with Crippen LogP contribution in [0, 0.1) is 0 Å². The van der Waals surface area contributed by atoms with E-state index in [2.05, 4.69) is 54.6 Å². The van der Waals surface area contributed by atoms with Gasteiger partial charge in [0.15, 0.2) is 8.32 Å². The molecule has 0 aromatic carbocycles. The third kappa shape index (κ3) is 6.38. The number of hydrogen-bond acceptors (Lipinski definition) is 2. The van der Waals surface area contributed by atoms with Gasteiger partial charge in [-0.15, -0.1) is 0 Å². The molecule has 0 saturated heterocycles. The average molecular weight is 299 g/mol. The molecule has 0 aliphatic rings. The zero-order valence-electron chi connectivity index (χ0n) is 15.1. The molecule has 0 aliphatic carbocycles. The fourth-order valence-corrected chi connectivity index (χ4v) is 3.05. The van der Waals surface area contributed by atoms with Crippen molar-refractivity contribution in [1.29, 1.82) is 0 Å². The Morgan fingerprint density at radius 1 is 1.10 bits per heavy atom. The van der Waals surface area contributed by atoms with E-state index in [4.69, 9.17) is 4.43 Å². The van der Waals surface area contributed by atoms with Crippen molar-refractivity contribution in [3.05, 3.63) is 23.3 Å². The summed E-state index contributed by atoms with van der Waals surface area (Å²) in [6.07, 6.45) is 3.90. The second-order valence-corrected chi connectivity index (χ2v) is 12.7. The van der Waals surface area contributed by atoms with E-state index in [-0.39, 0.29) is 11.1 Å². The molecule has 0 rings (SSSR count). The van der Waals surface area contributed by atoms with Gasteiger partial charge < -0.3 is 9.53 Å². The number of rotatable bonds is 5. The number of allylic oxidation sites excluding steroid dienone is 1. The molecule has 0 bridgehead atoms. The molecule has 1 atom stereocenters. The molecule has 0 spiro atoms. The predicted octanol–water partition coefficient (Wildman–Crippen LogP) is 5.06. The third-order valence-electron chi connectivity index (χ3n) is 3.96. The van der Waals surface area contributed by atoms with Crippen LogP contribution in [0.5, 0.6) is 0 Å². The summed E-state index contributed by atoms with van der Waals surface area (Å²) in [6, 6.07) is 0. The minimum atomic E-state index is -1.78. The molecule has 1 N–H and O–H groups in total. The van der Waals surface area contributed by atoms with Crippen molar-refractivity contribution in [2.24, 2.45) is 0 Å². The van der Waals surface area contributed by atoms with Gasteiger partial charge in [-0.3, -0.25) is 0 Å². The van der Waals surface area contributed by atoms with E-state index >= 15 is 0 Å². The van der Waals surface area contributed by atoms with Crippen molar-refractivity contribution in [3.63, 3.8) is 0 Å². The van der Waals surface area contributed by atoms with E-state index in [1.807, 2.05) is 12.2 Å². The van der Waals surface area contributed by atoms with Crippen LogP contribution in [-0.4, -0.2) is 25.1 Å². The van der Waals surface area contributed by atoms with Gasteiger partial charge in [0.1, 0.15) is 0 Å². The summed E-state index contributed by atoms with van der Waals surface area (Å²) in [6.45, 7) is 21.2. The largest absolute Gasteiger partial charge is 0.410 e. The van der Waals surface area contributed by atoms with Gasteiger partial charge in [0.2, 0.25) is 0 Å². The van der Waals surface area contributed by atoms with Crippen LogP contribution in [0.25, 0.3) is 0 Å². The van der Waals surface area contributed by atoms with E-state index in [9.17, 15) is 5.11 Å². The zero-order valence-corrected chi connectivity index (χ0v) is 16.1. The molecule has 2 nitrogen and oxygen atoms in total. The summed E-state index contributed by atoms with van der Waals surface area (Å²) >= 11 is 0. The summed E-state index contributed by atoms with van der Waals surface area (Å²) in [7, 11) is -1.78. The molecular weight excluding hydrogens is 264 g/mol. The van der Waals surface area contributed by atoms with Crippen LogP contribution in [-0.2, 0) is 4.43 Å². The Kier molecular flexibility index (Phi) is 6.46. The Hall–Kier alpha value is -0.383. The molecule has 20 heavy (non-hydrogen) atoms. The molecule has 0 saturated carbocycles. The van der Waals surface area contributed by atoms with Crippen molar-refractivity contribution in [2.75, 3.05) is 0 Å². The Morgan fingerprint density at radius 2 is 1.55 bits per heavy atom. The maximum atomic E-state index is 9.85. The Bertz CT molecular complexity index is 375. The molecule has 0 aliphatic heterocycles. The third-order valence-corrected chi connectivity index (χ3v) is 8.52. The lowest BCUT2D eigenvalue weighted by molar-refractivity contribution is 0.133. The van der Waals surface area contributed by atoms with E-state index in [1.54, 1.807) is 13.8 Å². The molecule has 0 fully saturated rings. The Morgan fingerprint density at radius 3 is 1.85 bits per heavy atom. The normalized spacial score (nSPS) is 15.6. The molecule has 118 valence electrons. The van der Waals surface area contributed by atoms with Gasteiger partial charge in [0, 0.05) is 0 Å². The monoisotopic (exact) mass is 298 g/mol. The van der Waals surface area contributed by atoms with Crippen molar-refractivity contribution < 1.29 is 9.53 Å². The molecule has 0 aromatic rings. The summed E-state index contributed by atoms with van der Waals surface area (Å²) in [4.78, 5) is 0. The number of hydrogen-bond donors (Lipinski definition) is 1. The minimum absolute atomic E-state index is 0.0551. The van der Waals surface area contributed by atoms with Crippen LogP contribution < -0.4 is 0 Å². The highest BCUT2D eigenvalue weighted by molar-refractivity contribution is 6.74. The molecule has 0 amide bonds. The van der Waals surface area contributed by atoms with Crippen molar-refractivity contribution in [2.45, 2.75) is 85.2 Å². The second-order valence-electron chi connectivity index (χ2n) is 7.96. The highest BCUT2D eigenvalue weighted by Crippen LogP contribution is 2.38. The first-order valence-corrected chi connectivity index (χ1v) is 10.3. The van der Waals surface area contributed by atoms with Crippen LogP contribution >= 0.6 is 0 Å². The maximum absolute atomic E-state index is 9.85. The van der Waals surface area contributed by atoms with Gasteiger partial charge in [0.05, 0.1) is 11.7 Å². The van der Waals surface area contributed by atoms with Crippen LogP contribution in [0.4, 0.5) is 0 Å². The minimum Gasteiger partial charge on any atom is -0.410 e. The van der Waals surface area contributed by atoms with E-state index in [1.165, 1.54) is 5.57 Å². The zero-order chi connectivity index (χ0) is 16.4. The highest BCUT2D eigenvalue weighted by atomic mass is 28.4.